The van der Waals surface area contributed by atoms with Gasteiger partial charge < -0.3 is 10.2 Å². The van der Waals surface area contributed by atoms with Crippen molar-refractivity contribution in [3.63, 3.8) is 0 Å². The molecule has 0 bridgehead atoms. The summed E-state index contributed by atoms with van der Waals surface area (Å²) in [5, 5.41) is 6.80. The zero-order valence-corrected chi connectivity index (χ0v) is 12.7. The maximum absolute atomic E-state index is 4.71. The molecule has 1 saturated carbocycles. The minimum Gasteiger partial charge on any atom is -0.348 e. The molecule has 1 aliphatic rings. The Kier molecular flexibility index (Phi) is 3.98. The number of anilines is 1. The molecule has 0 unspecified atom stereocenters. The summed E-state index contributed by atoms with van der Waals surface area (Å²) in [6, 6.07) is 5.12. The zero-order chi connectivity index (χ0) is 13.9. The molecule has 2 aromatic rings. The smallest absolute Gasteiger partial charge is 0.185 e. The molecule has 106 valence electrons. The summed E-state index contributed by atoms with van der Waals surface area (Å²) in [6.45, 7) is 2.97. The summed E-state index contributed by atoms with van der Waals surface area (Å²) in [5.74, 6) is 0. The second-order valence-electron chi connectivity index (χ2n) is 5.35. The Hall–Kier alpha value is -1.46. The van der Waals surface area contributed by atoms with E-state index in [1.165, 1.54) is 18.4 Å². The lowest BCUT2D eigenvalue weighted by molar-refractivity contribution is 0.568. The molecule has 1 fully saturated rings. The van der Waals surface area contributed by atoms with Crippen molar-refractivity contribution in [2.24, 2.45) is 0 Å². The molecule has 3 rings (SSSR count). The number of thiazole rings is 1. The molecule has 0 amide bonds. The van der Waals surface area contributed by atoms with Crippen LogP contribution in [-0.4, -0.2) is 23.1 Å². The quantitative estimate of drug-likeness (QED) is 0.887. The largest absolute Gasteiger partial charge is 0.348 e. The average Bonchev–Trinajstić information content (AvgIpc) is 3.23. The molecule has 0 aromatic carbocycles. The van der Waals surface area contributed by atoms with Gasteiger partial charge in [0.1, 0.15) is 0 Å². The van der Waals surface area contributed by atoms with Gasteiger partial charge in [-0.15, -0.1) is 11.3 Å². The summed E-state index contributed by atoms with van der Waals surface area (Å²) < 4.78 is 0. The van der Waals surface area contributed by atoms with Crippen LogP contribution in [0.3, 0.4) is 0 Å². The molecule has 5 heteroatoms. The van der Waals surface area contributed by atoms with E-state index in [0.717, 1.165) is 23.4 Å². The highest BCUT2D eigenvalue weighted by molar-refractivity contribution is 7.13. The first-order valence-corrected chi connectivity index (χ1v) is 7.92. The first-order valence-electron chi connectivity index (χ1n) is 7.04. The predicted octanol–water partition coefficient (Wildman–Crippen LogP) is 2.99. The SMILES string of the molecule is C[C@H](NCc1csc(N(C)C2CC2)n1)c1ccncc1. The van der Waals surface area contributed by atoms with Gasteiger partial charge in [-0.3, -0.25) is 4.98 Å². The second-order valence-corrected chi connectivity index (χ2v) is 6.18. The topological polar surface area (TPSA) is 41.0 Å². The molecule has 4 nitrogen and oxygen atoms in total. The van der Waals surface area contributed by atoms with Gasteiger partial charge in [0.15, 0.2) is 5.13 Å². The maximum atomic E-state index is 4.71. The van der Waals surface area contributed by atoms with E-state index >= 15 is 0 Å². The third-order valence-corrected chi connectivity index (χ3v) is 4.71. The van der Waals surface area contributed by atoms with Crippen molar-refractivity contribution in [2.75, 3.05) is 11.9 Å². The third-order valence-electron chi connectivity index (χ3n) is 3.73. The van der Waals surface area contributed by atoms with Gasteiger partial charge in [0.2, 0.25) is 0 Å². The van der Waals surface area contributed by atoms with Crippen LogP contribution in [0.1, 0.15) is 37.1 Å². The Morgan fingerprint density at radius 3 is 2.85 bits per heavy atom. The number of rotatable bonds is 6. The van der Waals surface area contributed by atoms with Crippen molar-refractivity contribution in [3.8, 4) is 0 Å². The number of hydrogen-bond acceptors (Lipinski definition) is 5. The lowest BCUT2D eigenvalue weighted by atomic mass is 10.1. The van der Waals surface area contributed by atoms with Crippen molar-refractivity contribution in [3.05, 3.63) is 41.2 Å². The highest BCUT2D eigenvalue weighted by atomic mass is 32.1. The summed E-state index contributed by atoms with van der Waals surface area (Å²) in [7, 11) is 2.15. The van der Waals surface area contributed by atoms with Gasteiger partial charge in [0.05, 0.1) is 5.69 Å². The first-order chi connectivity index (χ1) is 9.74. The third kappa shape index (κ3) is 3.16. The van der Waals surface area contributed by atoms with Gasteiger partial charge in [-0.05, 0) is 37.5 Å². The van der Waals surface area contributed by atoms with E-state index in [2.05, 4.69) is 34.6 Å². The summed E-state index contributed by atoms with van der Waals surface area (Å²) in [5.41, 5.74) is 2.38. The van der Waals surface area contributed by atoms with Crippen LogP contribution in [0.5, 0.6) is 0 Å². The van der Waals surface area contributed by atoms with E-state index in [4.69, 9.17) is 4.98 Å². The Bertz CT molecular complexity index is 550. The van der Waals surface area contributed by atoms with Crippen LogP contribution >= 0.6 is 11.3 Å². The molecule has 0 radical (unpaired) electrons. The molecule has 1 atom stereocenters. The second kappa shape index (κ2) is 5.89. The minimum absolute atomic E-state index is 0.310. The monoisotopic (exact) mass is 288 g/mol. The normalized spacial score (nSPS) is 16.1. The van der Waals surface area contributed by atoms with Gasteiger partial charge in [0, 0.05) is 43.4 Å². The molecule has 2 heterocycles. The van der Waals surface area contributed by atoms with Crippen LogP contribution in [0, 0.1) is 0 Å². The van der Waals surface area contributed by atoms with Crippen molar-refractivity contribution < 1.29 is 0 Å². The fourth-order valence-corrected chi connectivity index (χ4v) is 3.05. The van der Waals surface area contributed by atoms with Crippen molar-refractivity contribution in [1.29, 1.82) is 0 Å². The van der Waals surface area contributed by atoms with E-state index in [1.807, 2.05) is 24.5 Å². The first kappa shape index (κ1) is 13.5. The molecule has 2 aromatic heterocycles. The number of hydrogen-bond donors (Lipinski definition) is 1. The predicted molar refractivity (Wildman–Crippen MR) is 83.0 cm³/mol. The molecular formula is C15H20N4S. The molecule has 1 aliphatic carbocycles. The number of nitrogens with zero attached hydrogens (tertiary/aromatic N) is 3. The van der Waals surface area contributed by atoms with E-state index in [0.29, 0.717) is 6.04 Å². The molecule has 1 N–H and O–H groups in total. The fourth-order valence-electron chi connectivity index (χ4n) is 2.19. The Morgan fingerprint density at radius 2 is 2.15 bits per heavy atom. The summed E-state index contributed by atoms with van der Waals surface area (Å²) in [6.07, 6.45) is 6.28. The van der Waals surface area contributed by atoms with Crippen molar-refractivity contribution in [2.45, 2.75) is 38.4 Å². The van der Waals surface area contributed by atoms with Gasteiger partial charge in [-0.25, -0.2) is 4.98 Å². The van der Waals surface area contributed by atoms with Crippen LogP contribution in [0.15, 0.2) is 29.9 Å². The molecular weight excluding hydrogens is 268 g/mol. The van der Waals surface area contributed by atoms with Gasteiger partial charge in [0.25, 0.3) is 0 Å². The van der Waals surface area contributed by atoms with E-state index in [1.54, 1.807) is 11.3 Å². The van der Waals surface area contributed by atoms with Crippen molar-refractivity contribution in [1.82, 2.24) is 15.3 Å². The summed E-state index contributed by atoms with van der Waals surface area (Å²) in [4.78, 5) is 11.1. The number of nitrogens with one attached hydrogen (secondary N) is 1. The lowest BCUT2D eigenvalue weighted by Gasteiger charge is -2.14. The molecule has 0 spiro atoms. The Labute approximate surface area is 123 Å². The molecule has 20 heavy (non-hydrogen) atoms. The fraction of sp³-hybridized carbons (Fsp3) is 0.467. The Morgan fingerprint density at radius 1 is 1.40 bits per heavy atom. The van der Waals surface area contributed by atoms with Crippen LogP contribution < -0.4 is 10.2 Å². The number of pyridine rings is 1. The van der Waals surface area contributed by atoms with Crippen LogP contribution in [0.2, 0.25) is 0 Å². The zero-order valence-electron chi connectivity index (χ0n) is 11.9. The highest BCUT2D eigenvalue weighted by Gasteiger charge is 2.27. The molecule has 0 saturated heterocycles. The van der Waals surface area contributed by atoms with Gasteiger partial charge in [-0.2, -0.15) is 0 Å². The highest BCUT2D eigenvalue weighted by Crippen LogP contribution is 2.31. The maximum Gasteiger partial charge on any atom is 0.185 e. The minimum atomic E-state index is 0.310. The average molecular weight is 288 g/mol. The van der Waals surface area contributed by atoms with Crippen LogP contribution in [0.4, 0.5) is 5.13 Å². The van der Waals surface area contributed by atoms with Crippen LogP contribution in [-0.2, 0) is 6.54 Å². The molecule has 0 aliphatic heterocycles. The van der Waals surface area contributed by atoms with Crippen molar-refractivity contribution >= 4 is 16.5 Å². The number of aromatic nitrogens is 2. The van der Waals surface area contributed by atoms with E-state index in [-0.39, 0.29) is 0 Å². The lowest BCUT2D eigenvalue weighted by Crippen LogP contribution is -2.20. The van der Waals surface area contributed by atoms with E-state index in [9.17, 15) is 0 Å². The van der Waals surface area contributed by atoms with Crippen LogP contribution in [0.25, 0.3) is 0 Å². The van der Waals surface area contributed by atoms with Gasteiger partial charge >= 0.3 is 0 Å². The summed E-state index contributed by atoms with van der Waals surface area (Å²) >= 11 is 1.74. The van der Waals surface area contributed by atoms with Gasteiger partial charge in [-0.1, -0.05) is 0 Å². The van der Waals surface area contributed by atoms with E-state index < -0.39 is 0 Å². The Balaban J connectivity index is 1.56. The standard InChI is InChI=1S/C15H20N4S/c1-11(12-5-7-16-8-6-12)17-9-13-10-20-15(18-13)19(2)14-3-4-14/h5-8,10-11,14,17H,3-4,9H2,1-2H3/t11-/m0/s1.